The zero-order valence-corrected chi connectivity index (χ0v) is 16.3. The van der Waals surface area contributed by atoms with E-state index in [0.717, 1.165) is 30.1 Å². The number of aryl methyl sites for hydroxylation is 3. The third-order valence-electron chi connectivity index (χ3n) is 4.54. The van der Waals surface area contributed by atoms with E-state index in [1.807, 2.05) is 36.4 Å². The van der Waals surface area contributed by atoms with Gasteiger partial charge in [-0.25, -0.2) is 9.78 Å². The van der Waals surface area contributed by atoms with Crippen molar-refractivity contribution in [1.82, 2.24) is 29.2 Å². The molecule has 0 aliphatic carbocycles. The quantitative estimate of drug-likeness (QED) is 0.643. The Bertz CT molecular complexity index is 1040. The highest BCUT2D eigenvalue weighted by Crippen LogP contribution is 2.15. The van der Waals surface area contributed by atoms with Crippen LogP contribution in [0.2, 0.25) is 0 Å². The number of imidazole rings is 1. The normalized spacial score (nSPS) is 11.7. The first-order chi connectivity index (χ1) is 12.9. The van der Waals surface area contributed by atoms with Gasteiger partial charge in [0.1, 0.15) is 11.6 Å². The van der Waals surface area contributed by atoms with Crippen LogP contribution in [0.15, 0.2) is 20.2 Å². The van der Waals surface area contributed by atoms with Crippen molar-refractivity contribution in [3.63, 3.8) is 0 Å². The monoisotopic (exact) mass is 374 g/mol. The van der Waals surface area contributed by atoms with Crippen LogP contribution in [0.3, 0.4) is 0 Å². The van der Waals surface area contributed by atoms with E-state index in [0.29, 0.717) is 37.3 Å². The van der Waals surface area contributed by atoms with E-state index in [1.54, 1.807) is 4.57 Å². The van der Waals surface area contributed by atoms with Crippen molar-refractivity contribution >= 4 is 11.2 Å². The standard InChI is InChI=1S/C18H26N6O3/c1-5-7-8-24-16-15(17(25)20-18(24)26)23(6-2)14(19-16)11-22(4)10-13-9-12(3)27-21-13/h9H,5-8,10-11H2,1-4H3,(H,20,25,26). The van der Waals surface area contributed by atoms with Gasteiger partial charge in [0, 0.05) is 25.7 Å². The van der Waals surface area contributed by atoms with Crippen LogP contribution in [0.1, 0.15) is 44.0 Å². The molecule has 0 atom stereocenters. The molecular formula is C18H26N6O3. The summed E-state index contributed by atoms with van der Waals surface area (Å²) in [5, 5.41) is 4.01. The Labute approximate surface area is 156 Å². The van der Waals surface area contributed by atoms with Crippen molar-refractivity contribution in [1.29, 1.82) is 0 Å². The van der Waals surface area contributed by atoms with E-state index in [2.05, 4.69) is 22.0 Å². The van der Waals surface area contributed by atoms with Gasteiger partial charge in [0.05, 0.1) is 12.2 Å². The van der Waals surface area contributed by atoms with Crippen LogP contribution < -0.4 is 11.2 Å². The van der Waals surface area contributed by atoms with E-state index < -0.39 is 11.2 Å². The van der Waals surface area contributed by atoms with Crippen molar-refractivity contribution in [2.45, 2.75) is 59.8 Å². The molecule has 0 aliphatic heterocycles. The highest BCUT2D eigenvalue weighted by atomic mass is 16.5. The number of aromatic nitrogens is 5. The van der Waals surface area contributed by atoms with E-state index in [9.17, 15) is 9.59 Å². The molecule has 0 saturated heterocycles. The molecule has 3 aromatic heterocycles. The summed E-state index contributed by atoms with van der Waals surface area (Å²) >= 11 is 0. The maximum atomic E-state index is 12.4. The third kappa shape index (κ3) is 3.87. The Morgan fingerprint density at radius 3 is 2.63 bits per heavy atom. The molecule has 0 aliphatic rings. The van der Waals surface area contributed by atoms with Gasteiger partial charge in [0.2, 0.25) is 0 Å². The van der Waals surface area contributed by atoms with E-state index in [-0.39, 0.29) is 0 Å². The summed E-state index contributed by atoms with van der Waals surface area (Å²) < 4.78 is 8.55. The largest absolute Gasteiger partial charge is 0.361 e. The van der Waals surface area contributed by atoms with Crippen molar-refractivity contribution in [3.05, 3.63) is 44.2 Å². The second kappa shape index (κ2) is 7.91. The van der Waals surface area contributed by atoms with Crippen molar-refractivity contribution in [2.24, 2.45) is 0 Å². The Morgan fingerprint density at radius 1 is 1.22 bits per heavy atom. The summed E-state index contributed by atoms with van der Waals surface area (Å²) in [6.07, 6.45) is 1.80. The summed E-state index contributed by atoms with van der Waals surface area (Å²) in [5.74, 6) is 1.52. The minimum Gasteiger partial charge on any atom is -0.361 e. The molecule has 9 heteroatoms. The van der Waals surface area contributed by atoms with Crippen molar-refractivity contribution in [2.75, 3.05) is 7.05 Å². The minimum atomic E-state index is -0.403. The maximum Gasteiger partial charge on any atom is 0.330 e. The molecule has 0 saturated carbocycles. The van der Waals surface area contributed by atoms with Crippen LogP contribution in [0.5, 0.6) is 0 Å². The van der Waals surface area contributed by atoms with Crippen LogP contribution in [0, 0.1) is 6.92 Å². The summed E-state index contributed by atoms with van der Waals surface area (Å²) in [5.41, 5.74) is 0.957. The van der Waals surface area contributed by atoms with Crippen molar-refractivity contribution < 1.29 is 4.52 Å². The van der Waals surface area contributed by atoms with Crippen molar-refractivity contribution in [3.8, 4) is 0 Å². The number of nitrogens with zero attached hydrogens (tertiary/aromatic N) is 5. The maximum absolute atomic E-state index is 12.4. The number of unbranched alkanes of at least 4 members (excludes halogenated alkanes) is 1. The Morgan fingerprint density at radius 2 is 2.00 bits per heavy atom. The molecule has 3 rings (SSSR count). The van der Waals surface area contributed by atoms with Gasteiger partial charge in [0.15, 0.2) is 11.2 Å². The van der Waals surface area contributed by atoms with Gasteiger partial charge in [-0.15, -0.1) is 0 Å². The molecule has 0 spiro atoms. The van der Waals surface area contributed by atoms with Gasteiger partial charge in [-0.3, -0.25) is 19.2 Å². The lowest BCUT2D eigenvalue weighted by Crippen LogP contribution is -2.31. The highest BCUT2D eigenvalue weighted by molar-refractivity contribution is 5.70. The van der Waals surface area contributed by atoms with E-state index in [4.69, 9.17) is 4.52 Å². The second-order valence-corrected chi connectivity index (χ2v) is 6.81. The lowest BCUT2D eigenvalue weighted by molar-refractivity contribution is 0.291. The zero-order chi connectivity index (χ0) is 19.6. The van der Waals surface area contributed by atoms with Gasteiger partial charge in [-0.1, -0.05) is 18.5 Å². The summed E-state index contributed by atoms with van der Waals surface area (Å²) in [6.45, 7) is 8.14. The fraction of sp³-hybridized carbons (Fsp3) is 0.556. The number of rotatable bonds is 8. The summed E-state index contributed by atoms with van der Waals surface area (Å²) in [7, 11) is 1.96. The molecule has 1 N–H and O–H groups in total. The van der Waals surface area contributed by atoms with Crippen LogP contribution in [-0.2, 0) is 26.2 Å². The topological polar surface area (TPSA) is 102 Å². The van der Waals surface area contributed by atoms with Crippen LogP contribution in [0.25, 0.3) is 11.2 Å². The average Bonchev–Trinajstić information content (AvgIpc) is 3.18. The number of H-pyrrole nitrogens is 1. The Kier molecular flexibility index (Phi) is 5.59. The third-order valence-corrected chi connectivity index (χ3v) is 4.54. The van der Waals surface area contributed by atoms with Crippen LogP contribution in [-0.4, -0.2) is 36.2 Å². The molecule has 0 unspecified atom stereocenters. The van der Waals surface area contributed by atoms with Gasteiger partial charge < -0.3 is 9.09 Å². The molecule has 0 bridgehead atoms. The molecular weight excluding hydrogens is 348 g/mol. The molecule has 0 fully saturated rings. The number of fused-ring (bicyclic) bond motifs is 1. The molecule has 27 heavy (non-hydrogen) atoms. The fourth-order valence-electron chi connectivity index (χ4n) is 3.27. The molecule has 0 amide bonds. The first kappa shape index (κ1) is 19.1. The average molecular weight is 374 g/mol. The number of hydrogen-bond donors (Lipinski definition) is 1. The predicted octanol–water partition coefficient (Wildman–Crippen LogP) is 1.63. The van der Waals surface area contributed by atoms with Crippen LogP contribution >= 0.6 is 0 Å². The van der Waals surface area contributed by atoms with Gasteiger partial charge >= 0.3 is 5.69 Å². The molecule has 9 nitrogen and oxygen atoms in total. The Hall–Kier alpha value is -2.68. The van der Waals surface area contributed by atoms with Gasteiger partial charge in [-0.05, 0) is 27.3 Å². The molecule has 0 aromatic carbocycles. The smallest absolute Gasteiger partial charge is 0.330 e. The van der Waals surface area contributed by atoms with Gasteiger partial charge in [-0.2, -0.15) is 0 Å². The van der Waals surface area contributed by atoms with Gasteiger partial charge in [0.25, 0.3) is 5.56 Å². The van der Waals surface area contributed by atoms with E-state index in [1.165, 1.54) is 0 Å². The Balaban J connectivity index is 1.98. The SMILES string of the molecule is CCCCn1c(=O)[nH]c(=O)c2c1nc(CN(C)Cc1cc(C)on1)n2CC. The lowest BCUT2D eigenvalue weighted by Gasteiger charge is -2.15. The second-order valence-electron chi connectivity index (χ2n) is 6.81. The number of aromatic amines is 1. The highest BCUT2D eigenvalue weighted by Gasteiger charge is 2.19. The molecule has 3 aromatic rings. The number of hydrogen-bond acceptors (Lipinski definition) is 6. The first-order valence-electron chi connectivity index (χ1n) is 9.27. The first-order valence-corrected chi connectivity index (χ1v) is 9.27. The predicted molar refractivity (Wildman–Crippen MR) is 102 cm³/mol. The summed E-state index contributed by atoms with van der Waals surface area (Å²) in [4.78, 5) is 33.8. The fourth-order valence-corrected chi connectivity index (χ4v) is 3.27. The zero-order valence-electron chi connectivity index (χ0n) is 16.3. The van der Waals surface area contributed by atoms with Crippen LogP contribution in [0.4, 0.5) is 0 Å². The molecule has 0 radical (unpaired) electrons. The molecule has 146 valence electrons. The molecule has 3 heterocycles. The number of nitrogens with one attached hydrogen (secondary N) is 1. The minimum absolute atomic E-state index is 0.391. The summed E-state index contributed by atoms with van der Waals surface area (Å²) in [6, 6.07) is 1.90. The van der Waals surface area contributed by atoms with E-state index >= 15 is 0 Å². The lowest BCUT2D eigenvalue weighted by atomic mass is 10.3.